The fourth-order valence-electron chi connectivity index (χ4n) is 2.85. The predicted molar refractivity (Wildman–Crippen MR) is 61.0 cm³/mol. The van der Waals surface area contributed by atoms with Gasteiger partial charge in [0.15, 0.2) is 0 Å². The maximum absolute atomic E-state index is 12.5. The monoisotopic (exact) mass is 264 g/mol. The molecule has 1 N–H and O–H groups in total. The van der Waals surface area contributed by atoms with E-state index in [2.05, 4.69) is 5.32 Å². The van der Waals surface area contributed by atoms with Gasteiger partial charge in [-0.15, -0.1) is 0 Å². The number of hydrogen-bond acceptors (Lipinski definition) is 2. The lowest BCUT2D eigenvalue weighted by Gasteiger charge is -2.31. The van der Waals surface area contributed by atoms with Crippen LogP contribution in [-0.2, 0) is 4.79 Å². The zero-order valence-corrected chi connectivity index (χ0v) is 10.5. The van der Waals surface area contributed by atoms with E-state index in [0.29, 0.717) is 12.8 Å². The van der Waals surface area contributed by atoms with Crippen molar-refractivity contribution in [2.75, 3.05) is 13.6 Å². The van der Waals surface area contributed by atoms with Crippen molar-refractivity contribution < 1.29 is 18.0 Å². The van der Waals surface area contributed by atoms with Gasteiger partial charge in [-0.05, 0) is 32.1 Å². The van der Waals surface area contributed by atoms with Crippen molar-refractivity contribution in [3.05, 3.63) is 0 Å². The van der Waals surface area contributed by atoms with Crippen LogP contribution < -0.4 is 5.32 Å². The second kappa shape index (κ2) is 5.07. The Balaban J connectivity index is 1.79. The molecule has 6 heteroatoms. The van der Waals surface area contributed by atoms with E-state index in [1.165, 1.54) is 0 Å². The molecule has 3 nitrogen and oxygen atoms in total. The van der Waals surface area contributed by atoms with E-state index < -0.39 is 12.1 Å². The van der Waals surface area contributed by atoms with Gasteiger partial charge in [-0.3, -0.25) is 4.79 Å². The first-order valence-corrected chi connectivity index (χ1v) is 6.45. The third-order valence-corrected chi connectivity index (χ3v) is 4.05. The molecule has 1 saturated heterocycles. The van der Waals surface area contributed by atoms with Gasteiger partial charge in [-0.2, -0.15) is 13.2 Å². The number of halogens is 3. The molecular weight excluding hydrogens is 245 g/mol. The Morgan fingerprint density at radius 1 is 1.17 bits per heavy atom. The van der Waals surface area contributed by atoms with E-state index in [1.807, 2.05) is 0 Å². The number of hydrogen-bond donors (Lipinski definition) is 1. The molecule has 1 aliphatic carbocycles. The number of rotatable bonds is 2. The highest BCUT2D eigenvalue weighted by molar-refractivity contribution is 5.83. The highest BCUT2D eigenvalue weighted by atomic mass is 19.4. The summed E-state index contributed by atoms with van der Waals surface area (Å²) in [6.45, 7) is 0.731. The van der Waals surface area contributed by atoms with Crippen molar-refractivity contribution >= 4 is 5.91 Å². The van der Waals surface area contributed by atoms with E-state index in [1.54, 1.807) is 11.9 Å². The van der Waals surface area contributed by atoms with Crippen LogP contribution in [0.4, 0.5) is 13.2 Å². The summed E-state index contributed by atoms with van der Waals surface area (Å²) < 4.78 is 37.5. The van der Waals surface area contributed by atoms with Crippen LogP contribution in [0.3, 0.4) is 0 Å². The summed E-state index contributed by atoms with van der Waals surface area (Å²) in [5, 5.41) is 3.21. The molecule has 1 unspecified atom stereocenters. The summed E-state index contributed by atoms with van der Waals surface area (Å²) >= 11 is 0. The molecule has 0 spiro atoms. The first-order chi connectivity index (χ1) is 8.38. The Labute approximate surface area is 105 Å². The highest BCUT2D eigenvalue weighted by Gasteiger charge is 2.42. The van der Waals surface area contributed by atoms with E-state index in [0.717, 1.165) is 13.0 Å². The summed E-state index contributed by atoms with van der Waals surface area (Å²) in [5.41, 5.74) is 0. The molecule has 0 aromatic rings. The molecule has 0 radical (unpaired) electrons. The average Bonchev–Trinajstić information content (AvgIpc) is 2.61. The van der Waals surface area contributed by atoms with Gasteiger partial charge in [0.2, 0.25) is 5.91 Å². The normalized spacial score (nSPS) is 34.1. The third kappa shape index (κ3) is 2.96. The van der Waals surface area contributed by atoms with Crippen LogP contribution in [0.25, 0.3) is 0 Å². The SMILES string of the molecule is CN1CCC(NC2CCC(C(F)(F)F)CC2)C1=O. The summed E-state index contributed by atoms with van der Waals surface area (Å²) in [6.07, 6.45) is -1.92. The van der Waals surface area contributed by atoms with Crippen LogP contribution in [0.15, 0.2) is 0 Å². The topological polar surface area (TPSA) is 32.3 Å². The number of amides is 1. The molecule has 1 aliphatic heterocycles. The maximum Gasteiger partial charge on any atom is 0.391 e. The quantitative estimate of drug-likeness (QED) is 0.826. The average molecular weight is 264 g/mol. The molecule has 0 aromatic heterocycles. The Morgan fingerprint density at radius 2 is 1.78 bits per heavy atom. The van der Waals surface area contributed by atoms with Gasteiger partial charge in [0.25, 0.3) is 0 Å². The van der Waals surface area contributed by atoms with Crippen LogP contribution >= 0.6 is 0 Å². The number of alkyl halides is 3. The first-order valence-electron chi connectivity index (χ1n) is 6.45. The van der Waals surface area contributed by atoms with Crippen LogP contribution in [0, 0.1) is 5.92 Å². The van der Waals surface area contributed by atoms with Crippen LogP contribution in [0.2, 0.25) is 0 Å². The minimum absolute atomic E-state index is 0.0593. The van der Waals surface area contributed by atoms with Crippen molar-refractivity contribution in [1.82, 2.24) is 10.2 Å². The highest BCUT2D eigenvalue weighted by Crippen LogP contribution is 2.37. The second-order valence-electron chi connectivity index (χ2n) is 5.36. The van der Waals surface area contributed by atoms with Crippen molar-refractivity contribution in [2.24, 2.45) is 5.92 Å². The molecule has 1 amide bonds. The molecule has 2 rings (SSSR count). The Kier molecular flexibility index (Phi) is 3.84. The summed E-state index contributed by atoms with van der Waals surface area (Å²) in [7, 11) is 1.75. The number of nitrogens with zero attached hydrogens (tertiary/aromatic N) is 1. The fourth-order valence-corrected chi connectivity index (χ4v) is 2.85. The van der Waals surface area contributed by atoms with Gasteiger partial charge in [0.1, 0.15) is 0 Å². The maximum atomic E-state index is 12.5. The number of carbonyl (C=O) groups is 1. The van der Waals surface area contributed by atoms with E-state index in [4.69, 9.17) is 0 Å². The molecule has 18 heavy (non-hydrogen) atoms. The van der Waals surface area contributed by atoms with Gasteiger partial charge >= 0.3 is 6.18 Å². The standard InChI is InChI=1S/C12H19F3N2O/c1-17-7-6-10(11(17)18)16-9-4-2-8(3-5-9)12(13,14)15/h8-10,16H,2-7H2,1H3. The second-order valence-corrected chi connectivity index (χ2v) is 5.36. The van der Waals surface area contributed by atoms with E-state index in [9.17, 15) is 18.0 Å². The van der Waals surface area contributed by atoms with Gasteiger partial charge in [0, 0.05) is 19.6 Å². The lowest BCUT2D eigenvalue weighted by molar-refractivity contribution is -0.182. The van der Waals surface area contributed by atoms with E-state index in [-0.39, 0.29) is 30.8 Å². The largest absolute Gasteiger partial charge is 0.391 e. The zero-order chi connectivity index (χ0) is 13.3. The predicted octanol–water partition coefficient (Wildman–Crippen LogP) is 1.93. The minimum Gasteiger partial charge on any atom is -0.344 e. The lowest BCUT2D eigenvalue weighted by atomic mass is 9.85. The lowest BCUT2D eigenvalue weighted by Crippen LogP contribution is -2.45. The minimum atomic E-state index is -4.06. The molecule has 0 bridgehead atoms. The van der Waals surface area contributed by atoms with Crippen LogP contribution in [-0.4, -0.2) is 42.7 Å². The Bertz CT molecular complexity index is 311. The molecule has 2 aliphatic rings. The summed E-state index contributed by atoms with van der Waals surface area (Å²) in [4.78, 5) is 13.4. The van der Waals surface area contributed by atoms with Crippen molar-refractivity contribution in [1.29, 1.82) is 0 Å². The molecule has 2 fully saturated rings. The Hall–Kier alpha value is -0.780. The smallest absolute Gasteiger partial charge is 0.344 e. The van der Waals surface area contributed by atoms with Gasteiger partial charge < -0.3 is 10.2 Å². The number of likely N-dealkylation sites (tertiary alicyclic amines) is 1. The Morgan fingerprint density at radius 3 is 2.22 bits per heavy atom. The van der Waals surface area contributed by atoms with Crippen LogP contribution in [0.5, 0.6) is 0 Å². The number of nitrogens with one attached hydrogen (secondary N) is 1. The number of carbonyl (C=O) groups excluding carboxylic acids is 1. The van der Waals surface area contributed by atoms with Gasteiger partial charge in [0.05, 0.1) is 12.0 Å². The van der Waals surface area contributed by atoms with Crippen molar-refractivity contribution in [3.8, 4) is 0 Å². The van der Waals surface area contributed by atoms with Crippen LogP contribution in [0.1, 0.15) is 32.1 Å². The molecule has 104 valence electrons. The molecule has 0 aromatic carbocycles. The number of likely N-dealkylation sites (N-methyl/N-ethyl adjacent to an activating group) is 1. The first kappa shape index (κ1) is 13.6. The fraction of sp³-hybridized carbons (Fsp3) is 0.917. The van der Waals surface area contributed by atoms with E-state index >= 15 is 0 Å². The van der Waals surface area contributed by atoms with Crippen molar-refractivity contribution in [3.63, 3.8) is 0 Å². The molecule has 1 atom stereocenters. The zero-order valence-electron chi connectivity index (χ0n) is 10.5. The van der Waals surface area contributed by atoms with Gasteiger partial charge in [-0.1, -0.05) is 0 Å². The molecule has 1 heterocycles. The summed E-state index contributed by atoms with van der Waals surface area (Å²) in [5.74, 6) is -1.09. The summed E-state index contributed by atoms with van der Waals surface area (Å²) in [6, 6.07) is -0.133. The molecule has 1 saturated carbocycles. The molecular formula is C12H19F3N2O. The van der Waals surface area contributed by atoms with Crippen molar-refractivity contribution in [2.45, 2.75) is 50.4 Å². The van der Waals surface area contributed by atoms with Gasteiger partial charge in [-0.25, -0.2) is 0 Å². The third-order valence-electron chi connectivity index (χ3n) is 4.05.